The topological polar surface area (TPSA) is 45.2 Å². The second-order valence-corrected chi connectivity index (χ2v) is 7.19. The molecule has 0 spiro atoms. The molecule has 1 aliphatic heterocycles. The molecule has 1 N–H and O–H groups in total. The minimum atomic E-state index is -0.248. The van der Waals surface area contributed by atoms with Crippen LogP contribution in [-0.4, -0.2) is 35.4 Å². The van der Waals surface area contributed by atoms with E-state index in [0.29, 0.717) is 6.54 Å². The van der Waals surface area contributed by atoms with Gasteiger partial charge in [-0.3, -0.25) is 14.7 Å². The number of pyridine rings is 1. The highest BCUT2D eigenvalue weighted by Gasteiger charge is 2.36. The van der Waals surface area contributed by atoms with Gasteiger partial charge in [-0.05, 0) is 49.5 Å². The highest BCUT2D eigenvalue weighted by Crippen LogP contribution is 2.31. The maximum atomic E-state index is 12.6. The Morgan fingerprint density at radius 3 is 2.52 bits per heavy atom. The maximum absolute atomic E-state index is 12.6. The summed E-state index contributed by atoms with van der Waals surface area (Å²) in [6.07, 6.45) is 6.29. The van der Waals surface area contributed by atoms with Crippen molar-refractivity contribution in [1.29, 1.82) is 0 Å². The zero-order valence-corrected chi connectivity index (χ0v) is 14.9. The molecule has 0 unspecified atom stereocenters. The fraction of sp³-hybridized carbons (Fsp3) is 0.429. The molecule has 1 amide bonds. The zero-order chi connectivity index (χ0) is 17.5. The van der Waals surface area contributed by atoms with Crippen molar-refractivity contribution < 1.29 is 4.79 Å². The molecule has 132 valence electrons. The minimum Gasteiger partial charge on any atom is -0.355 e. The quantitative estimate of drug-likeness (QED) is 0.881. The second-order valence-electron chi connectivity index (χ2n) is 7.19. The number of benzene rings is 1. The summed E-state index contributed by atoms with van der Waals surface area (Å²) in [5.41, 5.74) is 2.25. The Hall–Kier alpha value is -2.20. The van der Waals surface area contributed by atoms with Gasteiger partial charge >= 0.3 is 0 Å². The number of nitrogens with zero attached hydrogens (tertiary/aromatic N) is 2. The summed E-state index contributed by atoms with van der Waals surface area (Å²) in [5.74, 6) is 0.191. The summed E-state index contributed by atoms with van der Waals surface area (Å²) in [7, 11) is 0. The van der Waals surface area contributed by atoms with Gasteiger partial charge in [0.15, 0.2) is 0 Å². The lowest BCUT2D eigenvalue weighted by atomic mass is 9.79. The summed E-state index contributed by atoms with van der Waals surface area (Å²) in [5, 5.41) is 3.12. The Morgan fingerprint density at radius 1 is 1.12 bits per heavy atom. The zero-order valence-electron chi connectivity index (χ0n) is 14.9. The van der Waals surface area contributed by atoms with Crippen LogP contribution in [0.4, 0.5) is 0 Å². The molecule has 2 aromatic rings. The Labute approximate surface area is 150 Å². The Morgan fingerprint density at radius 2 is 1.84 bits per heavy atom. The van der Waals surface area contributed by atoms with Gasteiger partial charge in [-0.2, -0.15) is 0 Å². The first-order valence-corrected chi connectivity index (χ1v) is 9.09. The van der Waals surface area contributed by atoms with Crippen molar-refractivity contribution >= 4 is 5.91 Å². The Kier molecular flexibility index (Phi) is 5.82. The number of carbonyl (C=O) groups is 1. The van der Waals surface area contributed by atoms with Gasteiger partial charge in [-0.25, -0.2) is 0 Å². The lowest BCUT2D eigenvalue weighted by Gasteiger charge is -2.38. The molecule has 4 heteroatoms. The van der Waals surface area contributed by atoms with Gasteiger partial charge in [0, 0.05) is 30.9 Å². The van der Waals surface area contributed by atoms with Crippen LogP contribution in [-0.2, 0) is 17.8 Å². The molecule has 1 aliphatic rings. The predicted molar refractivity (Wildman–Crippen MR) is 100 cm³/mol. The normalized spacial score (nSPS) is 17.2. The van der Waals surface area contributed by atoms with E-state index in [0.717, 1.165) is 44.5 Å². The molecule has 25 heavy (non-hydrogen) atoms. The highest BCUT2D eigenvalue weighted by atomic mass is 16.2. The van der Waals surface area contributed by atoms with E-state index in [1.54, 1.807) is 6.20 Å². The molecule has 1 aromatic heterocycles. The Bertz CT molecular complexity index is 664. The van der Waals surface area contributed by atoms with E-state index < -0.39 is 0 Å². The standard InChI is InChI=1S/C21H27N3O/c1-21(20(25)23-13-9-18-8-5-12-22-16-18)10-14-24(15-11-21)17-19-6-3-2-4-7-19/h2-8,12,16H,9-11,13-15,17H2,1H3,(H,23,25). The van der Waals surface area contributed by atoms with Crippen molar-refractivity contribution in [2.24, 2.45) is 5.41 Å². The first-order valence-electron chi connectivity index (χ1n) is 9.09. The minimum absolute atomic E-state index is 0.191. The third-order valence-electron chi connectivity index (χ3n) is 5.18. The number of carbonyl (C=O) groups excluding carboxylic acids is 1. The molecule has 0 saturated carbocycles. The van der Waals surface area contributed by atoms with Crippen molar-refractivity contribution in [1.82, 2.24) is 15.2 Å². The van der Waals surface area contributed by atoms with E-state index in [-0.39, 0.29) is 11.3 Å². The maximum Gasteiger partial charge on any atom is 0.226 e. The third kappa shape index (κ3) is 4.89. The molecule has 0 atom stereocenters. The third-order valence-corrected chi connectivity index (χ3v) is 5.18. The Balaban J connectivity index is 1.44. The van der Waals surface area contributed by atoms with Crippen LogP contribution in [0.3, 0.4) is 0 Å². The summed E-state index contributed by atoms with van der Waals surface area (Å²) < 4.78 is 0. The van der Waals surface area contributed by atoms with E-state index >= 15 is 0 Å². The monoisotopic (exact) mass is 337 g/mol. The van der Waals surface area contributed by atoms with Crippen LogP contribution in [0.5, 0.6) is 0 Å². The van der Waals surface area contributed by atoms with Crippen LogP contribution < -0.4 is 5.32 Å². The van der Waals surface area contributed by atoms with Crippen molar-refractivity contribution in [2.45, 2.75) is 32.7 Å². The van der Waals surface area contributed by atoms with Crippen molar-refractivity contribution in [2.75, 3.05) is 19.6 Å². The van der Waals surface area contributed by atoms with Crippen LogP contribution in [0.2, 0.25) is 0 Å². The molecule has 1 fully saturated rings. The summed E-state index contributed by atoms with van der Waals surface area (Å²) in [4.78, 5) is 19.2. The average molecular weight is 337 g/mol. The van der Waals surface area contributed by atoms with E-state index in [4.69, 9.17) is 0 Å². The molecule has 1 aromatic carbocycles. The van der Waals surface area contributed by atoms with Crippen LogP contribution in [0.1, 0.15) is 30.9 Å². The molecule has 2 heterocycles. The summed E-state index contributed by atoms with van der Waals surface area (Å²) in [6, 6.07) is 14.5. The number of hydrogen-bond donors (Lipinski definition) is 1. The second kappa shape index (κ2) is 8.26. The van der Waals surface area contributed by atoms with E-state index in [1.807, 2.05) is 24.4 Å². The number of likely N-dealkylation sites (tertiary alicyclic amines) is 1. The lowest BCUT2D eigenvalue weighted by molar-refractivity contribution is -0.132. The molecular formula is C21H27N3O. The highest BCUT2D eigenvalue weighted by molar-refractivity contribution is 5.82. The number of piperidine rings is 1. The van der Waals surface area contributed by atoms with Crippen molar-refractivity contribution in [3.05, 3.63) is 66.0 Å². The van der Waals surface area contributed by atoms with Crippen LogP contribution >= 0.6 is 0 Å². The molecule has 3 rings (SSSR count). The number of hydrogen-bond acceptors (Lipinski definition) is 3. The van der Waals surface area contributed by atoms with Crippen LogP contribution in [0, 0.1) is 5.41 Å². The molecule has 4 nitrogen and oxygen atoms in total. The van der Waals surface area contributed by atoms with E-state index in [2.05, 4.69) is 46.4 Å². The van der Waals surface area contributed by atoms with Crippen LogP contribution in [0.25, 0.3) is 0 Å². The van der Waals surface area contributed by atoms with Gasteiger partial charge in [0.25, 0.3) is 0 Å². The van der Waals surface area contributed by atoms with Gasteiger partial charge in [0.1, 0.15) is 0 Å². The van der Waals surface area contributed by atoms with Gasteiger partial charge in [0.05, 0.1) is 0 Å². The largest absolute Gasteiger partial charge is 0.355 e. The van der Waals surface area contributed by atoms with Gasteiger partial charge in [0.2, 0.25) is 5.91 Å². The molecule has 0 bridgehead atoms. The van der Waals surface area contributed by atoms with Crippen molar-refractivity contribution in [3.8, 4) is 0 Å². The van der Waals surface area contributed by atoms with E-state index in [9.17, 15) is 4.79 Å². The number of rotatable bonds is 6. The number of nitrogens with one attached hydrogen (secondary N) is 1. The van der Waals surface area contributed by atoms with Gasteiger partial charge < -0.3 is 5.32 Å². The number of amides is 1. The summed E-state index contributed by atoms with van der Waals surface area (Å²) >= 11 is 0. The molecule has 1 saturated heterocycles. The first kappa shape index (κ1) is 17.6. The van der Waals surface area contributed by atoms with Crippen LogP contribution in [0.15, 0.2) is 54.9 Å². The fourth-order valence-corrected chi connectivity index (χ4v) is 3.35. The molecular weight excluding hydrogens is 310 g/mol. The number of aromatic nitrogens is 1. The van der Waals surface area contributed by atoms with Gasteiger partial charge in [-0.15, -0.1) is 0 Å². The predicted octanol–water partition coefficient (Wildman–Crippen LogP) is 3.04. The lowest BCUT2D eigenvalue weighted by Crippen LogP contribution is -2.47. The van der Waals surface area contributed by atoms with Gasteiger partial charge in [-0.1, -0.05) is 43.3 Å². The summed E-state index contributed by atoms with van der Waals surface area (Å²) in [6.45, 7) is 5.70. The molecule has 0 aliphatic carbocycles. The van der Waals surface area contributed by atoms with E-state index in [1.165, 1.54) is 5.56 Å². The SMILES string of the molecule is CC1(C(=O)NCCc2cccnc2)CCN(Cc2ccccc2)CC1. The fourth-order valence-electron chi connectivity index (χ4n) is 3.35. The average Bonchev–Trinajstić information content (AvgIpc) is 2.65. The van der Waals surface area contributed by atoms with Crippen molar-refractivity contribution in [3.63, 3.8) is 0 Å². The first-order chi connectivity index (χ1) is 12.2. The molecule has 0 radical (unpaired) electrons. The smallest absolute Gasteiger partial charge is 0.226 e.